The van der Waals surface area contributed by atoms with Gasteiger partial charge in [-0.1, -0.05) is 20.8 Å². The van der Waals surface area contributed by atoms with Crippen LogP contribution in [0, 0.1) is 5.41 Å². The van der Waals surface area contributed by atoms with E-state index in [-0.39, 0.29) is 5.91 Å². The maximum atomic E-state index is 11.6. The van der Waals surface area contributed by atoms with Gasteiger partial charge in [-0.15, -0.1) is 11.8 Å². The highest BCUT2D eigenvalue weighted by molar-refractivity contribution is 8.00. The van der Waals surface area contributed by atoms with Crippen molar-refractivity contribution in [1.29, 1.82) is 0 Å². The lowest BCUT2D eigenvalue weighted by molar-refractivity contribution is -0.118. The molecule has 0 bridgehead atoms. The minimum Gasteiger partial charge on any atom is -0.355 e. The van der Waals surface area contributed by atoms with Crippen molar-refractivity contribution in [2.45, 2.75) is 45.3 Å². The fourth-order valence-corrected chi connectivity index (χ4v) is 2.84. The van der Waals surface area contributed by atoms with Crippen molar-refractivity contribution in [3.05, 3.63) is 0 Å². The highest BCUT2D eigenvalue weighted by Crippen LogP contribution is 2.20. The number of amides is 1. The summed E-state index contributed by atoms with van der Waals surface area (Å²) in [5.74, 6) is 0.812. The van der Waals surface area contributed by atoms with E-state index in [9.17, 15) is 4.79 Å². The first kappa shape index (κ1) is 14.8. The summed E-state index contributed by atoms with van der Waals surface area (Å²) in [4.78, 5) is 11.6. The number of carbonyl (C=O) groups is 1. The first-order valence-electron chi connectivity index (χ1n) is 6.56. The van der Waals surface area contributed by atoms with E-state index in [4.69, 9.17) is 0 Å². The molecule has 0 spiro atoms. The average Bonchev–Trinajstić information content (AvgIpc) is 2.26. The normalized spacial score (nSPS) is 18.1. The van der Waals surface area contributed by atoms with Crippen LogP contribution >= 0.6 is 11.8 Å². The van der Waals surface area contributed by atoms with Crippen LogP contribution in [0.2, 0.25) is 0 Å². The highest BCUT2D eigenvalue weighted by atomic mass is 32.2. The van der Waals surface area contributed by atoms with Crippen molar-refractivity contribution in [2.75, 3.05) is 25.4 Å². The largest absolute Gasteiger partial charge is 0.355 e. The maximum absolute atomic E-state index is 11.6. The molecule has 0 radical (unpaired) electrons. The third kappa shape index (κ3) is 7.66. The van der Waals surface area contributed by atoms with Crippen molar-refractivity contribution in [3.63, 3.8) is 0 Å². The highest BCUT2D eigenvalue weighted by Gasteiger charge is 2.15. The molecule has 1 rings (SSSR count). The van der Waals surface area contributed by atoms with Crippen LogP contribution in [0.15, 0.2) is 0 Å². The Balaban J connectivity index is 2.04. The van der Waals surface area contributed by atoms with Crippen LogP contribution in [-0.4, -0.2) is 36.5 Å². The third-order valence-corrected chi connectivity index (χ3v) is 4.31. The number of thioether (sulfide) groups is 1. The van der Waals surface area contributed by atoms with Gasteiger partial charge in [-0.2, -0.15) is 0 Å². The molecule has 1 fully saturated rings. The minimum atomic E-state index is 0.192. The lowest BCUT2D eigenvalue weighted by atomic mass is 9.92. The van der Waals surface area contributed by atoms with Gasteiger partial charge in [-0.3, -0.25) is 4.79 Å². The average molecular weight is 258 g/mol. The number of nitrogens with one attached hydrogen (secondary N) is 2. The first-order valence-corrected chi connectivity index (χ1v) is 7.61. The minimum absolute atomic E-state index is 0.192. The predicted molar refractivity (Wildman–Crippen MR) is 75.4 cm³/mol. The van der Waals surface area contributed by atoms with Crippen LogP contribution < -0.4 is 10.6 Å². The Bertz CT molecular complexity index is 232. The Labute approximate surface area is 109 Å². The second-order valence-electron chi connectivity index (χ2n) is 5.92. The number of carbonyl (C=O) groups excluding carboxylic acids is 1. The fourth-order valence-electron chi connectivity index (χ4n) is 1.78. The zero-order chi connectivity index (χ0) is 12.7. The Hall–Kier alpha value is -0.220. The van der Waals surface area contributed by atoms with Gasteiger partial charge in [0.05, 0.1) is 5.75 Å². The summed E-state index contributed by atoms with van der Waals surface area (Å²) in [6.07, 6.45) is 3.43. The summed E-state index contributed by atoms with van der Waals surface area (Å²) in [6.45, 7) is 9.59. The van der Waals surface area contributed by atoms with Gasteiger partial charge in [-0.25, -0.2) is 0 Å². The van der Waals surface area contributed by atoms with E-state index in [0.29, 0.717) is 16.4 Å². The van der Waals surface area contributed by atoms with Crippen molar-refractivity contribution >= 4 is 17.7 Å². The molecule has 1 aliphatic rings. The van der Waals surface area contributed by atoms with Crippen LogP contribution in [-0.2, 0) is 4.79 Å². The van der Waals surface area contributed by atoms with Crippen molar-refractivity contribution in [1.82, 2.24) is 10.6 Å². The molecule has 0 aromatic heterocycles. The second kappa shape index (κ2) is 7.27. The molecule has 0 aromatic carbocycles. The molecule has 3 nitrogen and oxygen atoms in total. The van der Waals surface area contributed by atoms with Crippen LogP contribution in [0.3, 0.4) is 0 Å². The summed E-state index contributed by atoms with van der Waals surface area (Å²) in [5.41, 5.74) is 0.301. The van der Waals surface area contributed by atoms with Gasteiger partial charge < -0.3 is 10.6 Å². The van der Waals surface area contributed by atoms with Gasteiger partial charge in [0.15, 0.2) is 0 Å². The van der Waals surface area contributed by atoms with Crippen molar-refractivity contribution in [3.8, 4) is 0 Å². The molecule has 100 valence electrons. The smallest absolute Gasteiger partial charge is 0.230 e. The van der Waals surface area contributed by atoms with Gasteiger partial charge in [0.25, 0.3) is 0 Å². The Morgan fingerprint density at radius 2 is 2.00 bits per heavy atom. The summed E-state index contributed by atoms with van der Waals surface area (Å²) in [6, 6.07) is 0. The van der Waals surface area contributed by atoms with Crippen LogP contribution in [0.5, 0.6) is 0 Å². The van der Waals surface area contributed by atoms with Gasteiger partial charge in [-0.05, 0) is 37.8 Å². The van der Waals surface area contributed by atoms with Gasteiger partial charge in [0, 0.05) is 11.8 Å². The molecule has 1 amide bonds. The van der Waals surface area contributed by atoms with Crippen LogP contribution in [0.1, 0.15) is 40.0 Å². The van der Waals surface area contributed by atoms with E-state index < -0.39 is 0 Å². The summed E-state index contributed by atoms with van der Waals surface area (Å²) in [5, 5.41) is 7.01. The standard InChI is InChI=1S/C13H26N2OS/c1-13(2,3)6-9-15-12(16)10-17-11-4-7-14-8-5-11/h11,14H,4-10H2,1-3H3,(H,15,16). The van der Waals surface area contributed by atoms with E-state index in [0.717, 1.165) is 26.1 Å². The molecule has 1 heterocycles. The first-order chi connectivity index (χ1) is 7.97. The number of rotatable bonds is 5. The lowest BCUT2D eigenvalue weighted by Gasteiger charge is -2.22. The Morgan fingerprint density at radius 1 is 1.35 bits per heavy atom. The van der Waals surface area contributed by atoms with Gasteiger partial charge in [0.2, 0.25) is 5.91 Å². The molecule has 17 heavy (non-hydrogen) atoms. The maximum Gasteiger partial charge on any atom is 0.230 e. The molecular formula is C13H26N2OS. The number of hydrogen-bond acceptors (Lipinski definition) is 3. The molecule has 1 aliphatic heterocycles. The Kier molecular flexibility index (Phi) is 6.34. The summed E-state index contributed by atoms with van der Waals surface area (Å²) in [7, 11) is 0. The molecule has 4 heteroatoms. The zero-order valence-electron chi connectivity index (χ0n) is 11.3. The number of hydrogen-bond donors (Lipinski definition) is 2. The van der Waals surface area contributed by atoms with E-state index in [1.54, 1.807) is 0 Å². The SMILES string of the molecule is CC(C)(C)CCNC(=O)CSC1CCNCC1. The monoisotopic (exact) mass is 258 g/mol. The molecule has 0 saturated carbocycles. The quantitative estimate of drug-likeness (QED) is 0.793. The van der Waals surface area contributed by atoms with Crippen molar-refractivity contribution in [2.24, 2.45) is 5.41 Å². The molecule has 1 saturated heterocycles. The summed E-state index contributed by atoms with van der Waals surface area (Å²) >= 11 is 1.81. The molecule has 0 atom stereocenters. The zero-order valence-corrected chi connectivity index (χ0v) is 12.2. The van der Waals surface area contributed by atoms with E-state index >= 15 is 0 Å². The van der Waals surface area contributed by atoms with Gasteiger partial charge >= 0.3 is 0 Å². The molecular weight excluding hydrogens is 232 g/mol. The van der Waals surface area contributed by atoms with E-state index in [1.165, 1.54) is 12.8 Å². The van der Waals surface area contributed by atoms with E-state index in [2.05, 4.69) is 31.4 Å². The van der Waals surface area contributed by atoms with Crippen LogP contribution in [0.25, 0.3) is 0 Å². The van der Waals surface area contributed by atoms with Crippen LogP contribution in [0.4, 0.5) is 0 Å². The molecule has 0 aliphatic carbocycles. The predicted octanol–water partition coefficient (Wildman–Crippen LogP) is 2.02. The van der Waals surface area contributed by atoms with Gasteiger partial charge in [0.1, 0.15) is 0 Å². The molecule has 0 aromatic rings. The Morgan fingerprint density at radius 3 is 2.59 bits per heavy atom. The van der Waals surface area contributed by atoms with E-state index in [1.807, 2.05) is 11.8 Å². The molecule has 2 N–H and O–H groups in total. The fraction of sp³-hybridized carbons (Fsp3) is 0.923. The van der Waals surface area contributed by atoms with Crippen molar-refractivity contribution < 1.29 is 4.79 Å². The topological polar surface area (TPSA) is 41.1 Å². The molecule has 0 unspecified atom stereocenters. The lowest BCUT2D eigenvalue weighted by Crippen LogP contribution is -2.32. The third-order valence-electron chi connectivity index (χ3n) is 2.93. The number of piperidine rings is 1. The summed E-state index contributed by atoms with van der Waals surface area (Å²) < 4.78 is 0. The second-order valence-corrected chi connectivity index (χ2v) is 7.21.